The van der Waals surface area contributed by atoms with Gasteiger partial charge < -0.3 is 4.90 Å². The van der Waals surface area contributed by atoms with Gasteiger partial charge in [0, 0.05) is 30.1 Å². The van der Waals surface area contributed by atoms with Crippen molar-refractivity contribution in [1.82, 2.24) is 14.0 Å². The van der Waals surface area contributed by atoms with Crippen LogP contribution in [-0.2, 0) is 26.2 Å². The Morgan fingerprint density at radius 3 is 2.45 bits per heavy atom. The summed E-state index contributed by atoms with van der Waals surface area (Å²) in [6.45, 7) is 3.45. The van der Waals surface area contributed by atoms with Crippen molar-refractivity contribution < 1.29 is 18.0 Å². The first kappa shape index (κ1) is 21.4. The number of alkyl halides is 3. The third-order valence-electron chi connectivity index (χ3n) is 5.56. The topological polar surface area (TPSA) is 64.3 Å². The number of rotatable bonds is 5. The number of amides is 1. The van der Waals surface area contributed by atoms with Crippen molar-refractivity contribution in [2.75, 3.05) is 0 Å². The van der Waals surface area contributed by atoms with E-state index >= 15 is 0 Å². The van der Waals surface area contributed by atoms with Gasteiger partial charge in [0.15, 0.2) is 0 Å². The van der Waals surface area contributed by atoms with Crippen LogP contribution in [0.4, 0.5) is 13.2 Å². The van der Waals surface area contributed by atoms with Gasteiger partial charge in [-0.1, -0.05) is 18.2 Å². The summed E-state index contributed by atoms with van der Waals surface area (Å²) in [6.07, 6.45) is -5.60. The summed E-state index contributed by atoms with van der Waals surface area (Å²) in [5.74, 6) is -0.132. The molecule has 0 radical (unpaired) electrons. The molecule has 1 aromatic carbocycles. The maximum absolute atomic E-state index is 12.9. The molecule has 0 saturated heterocycles. The molecule has 164 valence electrons. The number of nitrogens with zero attached hydrogens (tertiary/aromatic N) is 3. The van der Waals surface area contributed by atoms with E-state index in [-0.39, 0.29) is 29.2 Å². The first-order valence-corrected chi connectivity index (χ1v) is 10.6. The Hall–Kier alpha value is -2.88. The lowest BCUT2D eigenvalue weighted by atomic mass is 10.1. The second kappa shape index (κ2) is 7.67. The molecule has 0 bridgehead atoms. The van der Waals surface area contributed by atoms with Gasteiger partial charge in [0.2, 0.25) is 0 Å². The Kier molecular flexibility index (Phi) is 5.28. The number of fused-ring (bicyclic) bond motifs is 2. The number of hydrogen-bond acceptors (Lipinski definition) is 4. The molecule has 3 aromatic rings. The van der Waals surface area contributed by atoms with Gasteiger partial charge in [0.25, 0.3) is 11.5 Å². The molecular weight excluding hydrogens is 431 g/mol. The highest BCUT2D eigenvalue weighted by molar-refractivity contribution is 7.18. The highest BCUT2D eigenvalue weighted by Crippen LogP contribution is 2.32. The van der Waals surface area contributed by atoms with Crippen molar-refractivity contribution >= 4 is 27.5 Å². The average Bonchev–Trinajstić information content (AvgIpc) is 3.19. The quantitative estimate of drug-likeness (QED) is 0.595. The highest BCUT2D eigenvalue weighted by Gasteiger charge is 2.30. The number of carbonyl (C=O) groups excluding carboxylic acids is 1. The van der Waals surface area contributed by atoms with E-state index in [2.05, 4.69) is 0 Å². The smallest absolute Gasteiger partial charge is 0.329 e. The van der Waals surface area contributed by atoms with E-state index in [1.54, 1.807) is 30.9 Å². The molecule has 10 heteroatoms. The zero-order valence-corrected chi connectivity index (χ0v) is 17.8. The van der Waals surface area contributed by atoms with Crippen molar-refractivity contribution in [1.29, 1.82) is 0 Å². The lowest BCUT2D eigenvalue weighted by molar-refractivity contribution is -0.136. The first-order valence-electron chi connectivity index (χ1n) is 9.82. The summed E-state index contributed by atoms with van der Waals surface area (Å²) < 4.78 is 40.5. The highest BCUT2D eigenvalue weighted by atomic mass is 32.1. The third kappa shape index (κ3) is 3.69. The Morgan fingerprint density at radius 2 is 1.81 bits per heavy atom. The fourth-order valence-corrected chi connectivity index (χ4v) is 5.25. The lowest BCUT2D eigenvalue weighted by Gasteiger charge is -2.14. The summed E-state index contributed by atoms with van der Waals surface area (Å²) in [7, 11) is 0. The molecule has 0 spiro atoms. The fraction of sp³-hybridized carbons (Fsp3) is 0.381. The number of aromatic nitrogens is 2. The van der Waals surface area contributed by atoms with Gasteiger partial charge in [0.1, 0.15) is 4.83 Å². The minimum atomic E-state index is -4.43. The van der Waals surface area contributed by atoms with Crippen LogP contribution >= 0.6 is 11.3 Å². The molecule has 0 N–H and O–H groups in total. The first-order chi connectivity index (χ1) is 14.6. The van der Waals surface area contributed by atoms with Crippen molar-refractivity contribution in [3.05, 3.63) is 66.7 Å². The molecule has 2 aromatic heterocycles. The molecule has 1 aliphatic heterocycles. The number of aryl methyl sites for hydroxylation is 2. The molecule has 4 rings (SSSR count). The molecule has 1 amide bonds. The molecule has 0 fully saturated rings. The van der Waals surface area contributed by atoms with Gasteiger partial charge >= 0.3 is 11.9 Å². The standard InChI is InChI=1S/C21H20F3N3O3S/c1-3-26-18(29)16-12(2)15(11-25-10-13-6-4-5-7-14(13)17(25)28)31-19(16)27(20(26)30)9-8-21(22,23)24/h4-7H,3,8-11H2,1-2H3. The molecule has 0 atom stereocenters. The van der Waals surface area contributed by atoms with E-state index in [0.717, 1.165) is 26.0 Å². The monoisotopic (exact) mass is 451 g/mol. The Labute approximate surface area is 179 Å². The van der Waals surface area contributed by atoms with Gasteiger partial charge in [-0.25, -0.2) is 4.79 Å². The number of benzene rings is 1. The number of halogens is 3. The summed E-state index contributed by atoms with van der Waals surface area (Å²) in [5.41, 5.74) is 0.860. The zero-order chi connectivity index (χ0) is 22.5. The van der Waals surface area contributed by atoms with Gasteiger partial charge in [-0.3, -0.25) is 18.7 Å². The fourth-order valence-electron chi connectivity index (χ4n) is 3.92. The van der Waals surface area contributed by atoms with Crippen LogP contribution in [0.5, 0.6) is 0 Å². The van der Waals surface area contributed by atoms with Crippen LogP contribution in [0.15, 0.2) is 33.9 Å². The van der Waals surface area contributed by atoms with E-state index in [1.165, 1.54) is 0 Å². The largest absolute Gasteiger partial charge is 0.390 e. The van der Waals surface area contributed by atoms with Crippen LogP contribution in [0.3, 0.4) is 0 Å². The van der Waals surface area contributed by atoms with Crippen LogP contribution in [0.25, 0.3) is 10.2 Å². The Morgan fingerprint density at radius 1 is 1.10 bits per heavy atom. The van der Waals surface area contributed by atoms with E-state index < -0.39 is 30.4 Å². The minimum Gasteiger partial charge on any atom is -0.329 e. The Bertz CT molecular complexity index is 1300. The number of thiophene rings is 1. The van der Waals surface area contributed by atoms with E-state index in [4.69, 9.17) is 0 Å². The van der Waals surface area contributed by atoms with E-state index in [1.807, 2.05) is 12.1 Å². The SMILES string of the molecule is CCn1c(=O)c2c(C)c(CN3Cc4ccccc4C3=O)sc2n(CCC(F)(F)F)c1=O. The number of hydrogen-bond donors (Lipinski definition) is 0. The van der Waals surface area contributed by atoms with Crippen LogP contribution in [0.2, 0.25) is 0 Å². The zero-order valence-electron chi connectivity index (χ0n) is 17.0. The molecule has 31 heavy (non-hydrogen) atoms. The van der Waals surface area contributed by atoms with Crippen molar-refractivity contribution in [3.8, 4) is 0 Å². The van der Waals surface area contributed by atoms with Gasteiger partial charge in [0.05, 0.1) is 18.4 Å². The van der Waals surface area contributed by atoms with Gasteiger partial charge in [-0.2, -0.15) is 13.2 Å². The molecule has 0 saturated carbocycles. The minimum absolute atomic E-state index is 0.0597. The van der Waals surface area contributed by atoms with Crippen molar-refractivity contribution in [2.24, 2.45) is 0 Å². The summed E-state index contributed by atoms with van der Waals surface area (Å²) in [6, 6.07) is 7.27. The molecular formula is C21H20F3N3O3S. The lowest BCUT2D eigenvalue weighted by Crippen LogP contribution is -2.39. The summed E-state index contributed by atoms with van der Waals surface area (Å²) in [4.78, 5) is 40.9. The van der Waals surface area contributed by atoms with Crippen LogP contribution in [-0.4, -0.2) is 26.1 Å². The predicted octanol–water partition coefficient (Wildman–Crippen LogP) is 3.66. The summed E-state index contributed by atoms with van der Waals surface area (Å²) in [5, 5.41) is 0.243. The van der Waals surface area contributed by atoms with Crippen molar-refractivity contribution in [3.63, 3.8) is 0 Å². The second-order valence-electron chi connectivity index (χ2n) is 7.50. The third-order valence-corrected chi connectivity index (χ3v) is 6.86. The maximum Gasteiger partial charge on any atom is 0.390 e. The van der Waals surface area contributed by atoms with Crippen LogP contribution < -0.4 is 11.2 Å². The molecule has 6 nitrogen and oxygen atoms in total. The van der Waals surface area contributed by atoms with E-state index in [0.29, 0.717) is 22.5 Å². The van der Waals surface area contributed by atoms with Crippen LogP contribution in [0.1, 0.15) is 39.7 Å². The molecule has 0 unspecified atom stereocenters. The normalized spacial score (nSPS) is 14.0. The van der Waals surface area contributed by atoms with Crippen molar-refractivity contribution in [2.45, 2.75) is 52.6 Å². The maximum atomic E-state index is 12.9. The number of carbonyl (C=O) groups is 1. The van der Waals surface area contributed by atoms with Gasteiger partial charge in [-0.15, -0.1) is 11.3 Å². The van der Waals surface area contributed by atoms with Crippen LogP contribution in [0, 0.1) is 6.92 Å². The van der Waals surface area contributed by atoms with Gasteiger partial charge in [-0.05, 0) is 31.0 Å². The Balaban J connectivity index is 1.79. The molecule has 0 aliphatic carbocycles. The predicted molar refractivity (Wildman–Crippen MR) is 111 cm³/mol. The molecule has 1 aliphatic rings. The molecule has 3 heterocycles. The summed E-state index contributed by atoms with van der Waals surface area (Å²) >= 11 is 1.10. The van der Waals surface area contributed by atoms with E-state index in [9.17, 15) is 27.6 Å². The second-order valence-corrected chi connectivity index (χ2v) is 8.58. The average molecular weight is 451 g/mol.